The number of rotatable bonds is 3. The highest BCUT2D eigenvalue weighted by atomic mass is 32.2. The number of hydrogen-bond acceptors (Lipinski definition) is 4. The van der Waals surface area contributed by atoms with Crippen molar-refractivity contribution in [3.05, 3.63) is 0 Å². The van der Waals surface area contributed by atoms with Crippen LogP contribution in [-0.4, -0.2) is 53.5 Å². The third kappa shape index (κ3) is 2.96. The molecule has 0 aliphatic carbocycles. The number of likely N-dealkylation sites (N-methyl/N-ethyl adjacent to an activating group) is 1. The summed E-state index contributed by atoms with van der Waals surface area (Å²) < 4.78 is 0. The summed E-state index contributed by atoms with van der Waals surface area (Å²) >= 11 is 1.85. The minimum absolute atomic E-state index is 0.0857. The zero-order valence-electron chi connectivity index (χ0n) is 12.7. The minimum Gasteiger partial charge on any atom is -0.343 e. The van der Waals surface area contributed by atoms with Crippen LogP contribution in [0.15, 0.2) is 0 Å². The fourth-order valence-electron chi connectivity index (χ4n) is 2.98. The van der Waals surface area contributed by atoms with Gasteiger partial charge in [0.2, 0.25) is 11.8 Å². The summed E-state index contributed by atoms with van der Waals surface area (Å²) in [5.74, 6) is 0.892. The predicted octanol–water partition coefficient (Wildman–Crippen LogP) is 0.801. The van der Waals surface area contributed by atoms with Crippen molar-refractivity contribution in [1.82, 2.24) is 15.5 Å². The third-order valence-corrected chi connectivity index (χ3v) is 5.75. The monoisotopic (exact) mass is 299 g/mol. The molecule has 0 spiro atoms. The Labute approximate surface area is 125 Å². The molecule has 0 bridgehead atoms. The van der Waals surface area contributed by atoms with Crippen molar-refractivity contribution in [1.29, 1.82) is 0 Å². The van der Waals surface area contributed by atoms with E-state index in [9.17, 15) is 9.59 Å². The Hall–Kier alpha value is -0.750. The van der Waals surface area contributed by atoms with Gasteiger partial charge in [0.15, 0.2) is 0 Å². The largest absolute Gasteiger partial charge is 0.343 e. The van der Waals surface area contributed by atoms with Gasteiger partial charge in [-0.05, 0) is 38.0 Å². The third-order valence-electron chi connectivity index (χ3n) is 4.50. The van der Waals surface area contributed by atoms with Gasteiger partial charge in [-0.25, -0.2) is 0 Å². The molecule has 114 valence electrons. The van der Waals surface area contributed by atoms with E-state index in [0.717, 1.165) is 18.6 Å². The minimum atomic E-state index is -0.371. The molecular weight excluding hydrogens is 274 g/mol. The second-order valence-corrected chi connectivity index (χ2v) is 7.66. The lowest BCUT2D eigenvalue weighted by Crippen LogP contribution is -2.52. The first-order valence-corrected chi connectivity index (χ1v) is 8.29. The first kappa shape index (κ1) is 15.6. The molecule has 2 saturated heterocycles. The maximum Gasteiger partial charge on any atom is 0.246 e. The van der Waals surface area contributed by atoms with E-state index >= 15 is 0 Å². The average Bonchev–Trinajstić information content (AvgIpc) is 2.49. The van der Waals surface area contributed by atoms with Gasteiger partial charge in [-0.2, -0.15) is 0 Å². The Morgan fingerprint density at radius 2 is 2.20 bits per heavy atom. The molecule has 3 atom stereocenters. The summed E-state index contributed by atoms with van der Waals surface area (Å²) in [5.41, 5.74) is 0.143. The van der Waals surface area contributed by atoms with Crippen LogP contribution in [0.1, 0.15) is 33.6 Å². The van der Waals surface area contributed by atoms with Gasteiger partial charge in [0.05, 0.1) is 11.9 Å². The van der Waals surface area contributed by atoms with E-state index in [4.69, 9.17) is 0 Å². The smallest absolute Gasteiger partial charge is 0.246 e. The van der Waals surface area contributed by atoms with Crippen LogP contribution in [0.4, 0.5) is 0 Å². The van der Waals surface area contributed by atoms with Gasteiger partial charge >= 0.3 is 0 Å². The summed E-state index contributed by atoms with van der Waals surface area (Å²) in [6.07, 6.45) is 1.75. The normalized spacial score (nSPS) is 32.7. The van der Waals surface area contributed by atoms with Crippen LogP contribution in [0, 0.1) is 5.41 Å². The Balaban J connectivity index is 2.11. The molecule has 0 aromatic heterocycles. The predicted molar refractivity (Wildman–Crippen MR) is 81.4 cm³/mol. The van der Waals surface area contributed by atoms with Gasteiger partial charge in [0.1, 0.15) is 6.04 Å². The molecule has 5 nitrogen and oxygen atoms in total. The van der Waals surface area contributed by atoms with Gasteiger partial charge in [0, 0.05) is 6.04 Å². The van der Waals surface area contributed by atoms with Crippen molar-refractivity contribution < 1.29 is 9.59 Å². The molecule has 2 N–H and O–H groups in total. The lowest BCUT2D eigenvalue weighted by Gasteiger charge is -2.32. The summed E-state index contributed by atoms with van der Waals surface area (Å²) in [6, 6.07) is -0.154. The second-order valence-electron chi connectivity index (χ2n) is 6.38. The molecule has 2 rings (SSSR count). The Morgan fingerprint density at radius 1 is 1.50 bits per heavy atom. The quantitative estimate of drug-likeness (QED) is 0.809. The Morgan fingerprint density at radius 3 is 2.85 bits per heavy atom. The number of amides is 2. The number of carbonyl (C=O) groups is 2. The number of thioether (sulfide) groups is 1. The molecule has 2 fully saturated rings. The van der Waals surface area contributed by atoms with Crippen molar-refractivity contribution in [2.24, 2.45) is 5.41 Å². The Bertz CT molecular complexity index is 400. The average molecular weight is 299 g/mol. The topological polar surface area (TPSA) is 61.4 Å². The van der Waals surface area contributed by atoms with E-state index in [-0.39, 0.29) is 41.2 Å². The number of nitrogens with zero attached hydrogens (tertiary/aromatic N) is 1. The highest BCUT2D eigenvalue weighted by molar-refractivity contribution is 7.99. The van der Waals surface area contributed by atoms with Crippen LogP contribution in [0.5, 0.6) is 0 Å². The summed E-state index contributed by atoms with van der Waals surface area (Å²) in [7, 11) is 1.73. The maximum absolute atomic E-state index is 12.7. The van der Waals surface area contributed by atoms with Crippen LogP contribution in [0.25, 0.3) is 0 Å². The van der Waals surface area contributed by atoms with Gasteiger partial charge in [-0.1, -0.05) is 13.8 Å². The first-order chi connectivity index (χ1) is 9.36. The molecule has 3 unspecified atom stereocenters. The molecule has 2 aliphatic rings. The van der Waals surface area contributed by atoms with E-state index in [0.29, 0.717) is 0 Å². The molecule has 0 aromatic rings. The molecular formula is C14H25N3O2S. The highest BCUT2D eigenvalue weighted by Gasteiger charge is 2.49. The molecule has 0 radical (unpaired) electrons. The van der Waals surface area contributed by atoms with Crippen molar-refractivity contribution >= 4 is 23.6 Å². The summed E-state index contributed by atoms with van der Waals surface area (Å²) in [4.78, 5) is 26.5. The summed E-state index contributed by atoms with van der Waals surface area (Å²) in [6.45, 7) is 6.81. The number of hydrogen-bond donors (Lipinski definition) is 2. The zero-order valence-corrected chi connectivity index (χ0v) is 13.5. The standard InChI is InChI=1S/C14H25N3O2S/c1-9-14(2,3)7-12-17(9)13(19)10(5-6-20-12)16-11(18)8-15-4/h9-10,12,15H,5-8H2,1-4H3,(H,16,18). The fourth-order valence-corrected chi connectivity index (χ4v) is 4.62. The lowest BCUT2D eigenvalue weighted by molar-refractivity contribution is -0.137. The van der Waals surface area contributed by atoms with Crippen LogP contribution in [0.2, 0.25) is 0 Å². The van der Waals surface area contributed by atoms with E-state index in [1.807, 2.05) is 16.7 Å². The van der Waals surface area contributed by atoms with Crippen molar-refractivity contribution in [2.75, 3.05) is 19.3 Å². The molecule has 2 aliphatic heterocycles. The SMILES string of the molecule is CNCC(=O)NC1CCSC2CC(C)(C)C(C)N2C1=O. The first-order valence-electron chi connectivity index (χ1n) is 7.24. The molecule has 2 heterocycles. The van der Waals surface area contributed by atoms with E-state index in [2.05, 4.69) is 31.4 Å². The van der Waals surface area contributed by atoms with Crippen LogP contribution in [-0.2, 0) is 9.59 Å². The van der Waals surface area contributed by atoms with Gasteiger partial charge in [-0.3, -0.25) is 9.59 Å². The van der Waals surface area contributed by atoms with Crippen molar-refractivity contribution in [2.45, 2.75) is 51.1 Å². The lowest BCUT2D eigenvalue weighted by atomic mass is 9.86. The number of carbonyl (C=O) groups excluding carboxylic acids is 2. The Kier molecular flexibility index (Phi) is 4.64. The molecule has 20 heavy (non-hydrogen) atoms. The fraction of sp³-hybridized carbons (Fsp3) is 0.857. The second kappa shape index (κ2) is 5.93. The van der Waals surface area contributed by atoms with Gasteiger partial charge < -0.3 is 15.5 Å². The van der Waals surface area contributed by atoms with Crippen LogP contribution >= 0.6 is 11.8 Å². The highest BCUT2D eigenvalue weighted by Crippen LogP contribution is 2.45. The van der Waals surface area contributed by atoms with Crippen LogP contribution in [0.3, 0.4) is 0 Å². The van der Waals surface area contributed by atoms with Gasteiger partial charge in [-0.15, -0.1) is 11.8 Å². The van der Waals surface area contributed by atoms with E-state index in [1.54, 1.807) is 7.05 Å². The van der Waals surface area contributed by atoms with Crippen molar-refractivity contribution in [3.8, 4) is 0 Å². The van der Waals surface area contributed by atoms with Crippen molar-refractivity contribution in [3.63, 3.8) is 0 Å². The summed E-state index contributed by atoms with van der Waals surface area (Å²) in [5, 5.41) is 5.94. The van der Waals surface area contributed by atoms with E-state index in [1.165, 1.54) is 0 Å². The molecule has 6 heteroatoms. The molecule has 0 aromatic carbocycles. The molecule has 2 amide bonds. The molecule has 0 saturated carbocycles. The maximum atomic E-state index is 12.7. The van der Waals surface area contributed by atoms with E-state index < -0.39 is 0 Å². The zero-order chi connectivity index (χ0) is 14.9. The number of fused-ring (bicyclic) bond motifs is 1. The van der Waals surface area contributed by atoms with Crippen LogP contribution < -0.4 is 10.6 Å². The number of nitrogens with one attached hydrogen (secondary N) is 2. The van der Waals surface area contributed by atoms with Gasteiger partial charge in [0.25, 0.3) is 0 Å².